The van der Waals surface area contributed by atoms with E-state index >= 15 is 0 Å². The molecule has 0 atom stereocenters. The summed E-state index contributed by atoms with van der Waals surface area (Å²) in [5.41, 5.74) is 6.73. The first-order chi connectivity index (χ1) is 14.4. The summed E-state index contributed by atoms with van der Waals surface area (Å²) < 4.78 is 32.3. The van der Waals surface area contributed by atoms with Crippen molar-refractivity contribution in [2.45, 2.75) is 6.54 Å². The highest BCUT2D eigenvalue weighted by Crippen LogP contribution is 2.30. The van der Waals surface area contributed by atoms with Gasteiger partial charge in [0.15, 0.2) is 0 Å². The summed E-state index contributed by atoms with van der Waals surface area (Å²) in [6, 6.07) is 9.99. The lowest BCUT2D eigenvalue weighted by molar-refractivity contribution is 0.0948. The number of thiophene rings is 1. The van der Waals surface area contributed by atoms with Crippen molar-refractivity contribution in [2.24, 2.45) is 0 Å². The molecule has 1 heterocycles. The summed E-state index contributed by atoms with van der Waals surface area (Å²) >= 11 is 1.52. The maximum Gasteiger partial charge on any atom is 0.255 e. The van der Waals surface area contributed by atoms with E-state index in [4.69, 9.17) is 15.9 Å². The van der Waals surface area contributed by atoms with Crippen LogP contribution < -0.4 is 15.8 Å². The van der Waals surface area contributed by atoms with Crippen LogP contribution in [0.25, 0.3) is 6.08 Å². The van der Waals surface area contributed by atoms with Gasteiger partial charge in [-0.25, -0.2) is 8.78 Å². The van der Waals surface area contributed by atoms with Crippen molar-refractivity contribution in [1.82, 2.24) is 5.32 Å². The molecule has 0 aliphatic heterocycles. The molecule has 0 spiro atoms. The Morgan fingerprint density at radius 1 is 1.27 bits per heavy atom. The number of carbonyl (C=O) groups excluding carboxylic acids is 1. The Labute approximate surface area is 176 Å². The third-order valence-corrected chi connectivity index (χ3v) is 5.18. The van der Waals surface area contributed by atoms with Crippen LogP contribution in [-0.2, 0) is 6.54 Å². The molecule has 0 bridgehead atoms. The predicted octanol–water partition coefficient (Wildman–Crippen LogP) is 4.63. The monoisotopic (exact) mass is 427 g/mol. The van der Waals surface area contributed by atoms with Gasteiger partial charge in [0.2, 0.25) is 0 Å². The van der Waals surface area contributed by atoms with Crippen molar-refractivity contribution >= 4 is 34.7 Å². The molecule has 1 aromatic heterocycles. The predicted molar refractivity (Wildman–Crippen MR) is 115 cm³/mol. The number of rotatable bonds is 7. The van der Waals surface area contributed by atoms with Crippen molar-refractivity contribution in [1.29, 1.82) is 5.41 Å². The third-order valence-electron chi connectivity index (χ3n) is 4.30. The van der Waals surface area contributed by atoms with Gasteiger partial charge in [-0.3, -0.25) is 4.79 Å². The normalized spacial score (nSPS) is 10.9. The second kappa shape index (κ2) is 9.32. The second-order valence-corrected chi connectivity index (χ2v) is 7.32. The van der Waals surface area contributed by atoms with Crippen LogP contribution in [0.4, 0.5) is 14.5 Å². The third kappa shape index (κ3) is 4.72. The Morgan fingerprint density at radius 3 is 2.73 bits per heavy atom. The topological polar surface area (TPSA) is 88.2 Å². The Bertz CT molecular complexity index is 1110. The van der Waals surface area contributed by atoms with E-state index in [1.165, 1.54) is 48.8 Å². The van der Waals surface area contributed by atoms with Crippen LogP contribution in [0.15, 0.2) is 53.9 Å². The van der Waals surface area contributed by atoms with E-state index in [-0.39, 0.29) is 39.7 Å². The molecule has 0 aliphatic carbocycles. The number of anilines is 1. The molecular formula is C22H19F2N3O2S. The first-order valence-electron chi connectivity index (χ1n) is 8.89. The second-order valence-electron chi connectivity index (χ2n) is 6.29. The van der Waals surface area contributed by atoms with E-state index in [2.05, 4.69) is 5.32 Å². The van der Waals surface area contributed by atoms with Gasteiger partial charge in [-0.1, -0.05) is 6.07 Å². The van der Waals surface area contributed by atoms with Gasteiger partial charge >= 0.3 is 0 Å². The van der Waals surface area contributed by atoms with Crippen LogP contribution >= 0.6 is 11.3 Å². The Balaban J connectivity index is 1.88. The first kappa shape index (κ1) is 21.2. The van der Waals surface area contributed by atoms with Gasteiger partial charge < -0.3 is 21.2 Å². The average molecular weight is 427 g/mol. The maximum absolute atomic E-state index is 13.8. The number of amides is 1. The molecule has 0 saturated heterocycles. The Hall–Kier alpha value is -3.52. The van der Waals surface area contributed by atoms with Crippen LogP contribution in [0, 0.1) is 17.0 Å². The van der Waals surface area contributed by atoms with Crippen molar-refractivity contribution in [3.05, 3.63) is 87.1 Å². The smallest absolute Gasteiger partial charge is 0.255 e. The molecule has 8 heteroatoms. The largest absolute Gasteiger partial charge is 0.495 e. The molecular weight excluding hydrogens is 408 g/mol. The minimum atomic E-state index is -0.749. The minimum absolute atomic E-state index is 0.0824. The number of nitrogen functional groups attached to an aromatic ring is 1. The van der Waals surface area contributed by atoms with Gasteiger partial charge in [0.05, 0.1) is 30.5 Å². The fourth-order valence-corrected chi connectivity index (χ4v) is 3.48. The zero-order chi connectivity index (χ0) is 21.7. The lowest BCUT2D eigenvalue weighted by Gasteiger charge is -2.15. The van der Waals surface area contributed by atoms with Crippen molar-refractivity contribution in [2.75, 3.05) is 12.8 Å². The number of hydrogen-bond acceptors (Lipinski definition) is 5. The molecule has 1 amide bonds. The number of nitrogens with one attached hydrogen (secondary N) is 2. The highest BCUT2D eigenvalue weighted by molar-refractivity contribution is 7.09. The van der Waals surface area contributed by atoms with E-state index < -0.39 is 11.6 Å². The standard InChI is InChI=1S/C22H19F2N3O2S/c1-29-21-16(22(28)27-12-15-3-2-10-30-15)7-9-19(26)20(21)18(25)8-5-13-4-6-14(23)11-17(13)24/h2-11,25H,12,26H2,1H3,(H,27,28)/b8-5+,25-18?. The minimum Gasteiger partial charge on any atom is -0.495 e. The molecule has 0 aliphatic rings. The first-order valence-corrected chi connectivity index (χ1v) is 9.77. The fourth-order valence-electron chi connectivity index (χ4n) is 2.84. The van der Waals surface area contributed by atoms with Gasteiger partial charge in [-0.2, -0.15) is 0 Å². The molecule has 0 saturated carbocycles. The maximum atomic E-state index is 13.8. The molecule has 5 nitrogen and oxygen atoms in total. The summed E-state index contributed by atoms with van der Waals surface area (Å²) in [5, 5.41) is 13.1. The average Bonchev–Trinajstić information content (AvgIpc) is 3.24. The number of ether oxygens (including phenoxy) is 1. The summed E-state index contributed by atoms with van der Waals surface area (Å²) in [6.07, 6.45) is 2.65. The molecule has 0 radical (unpaired) electrons. The van der Waals surface area contributed by atoms with E-state index in [0.717, 1.165) is 17.0 Å². The van der Waals surface area contributed by atoms with Gasteiger partial charge in [0.1, 0.15) is 17.4 Å². The van der Waals surface area contributed by atoms with E-state index in [1.54, 1.807) is 0 Å². The van der Waals surface area contributed by atoms with E-state index in [9.17, 15) is 13.6 Å². The fraction of sp³-hybridized carbons (Fsp3) is 0.0909. The molecule has 4 N–H and O–H groups in total. The zero-order valence-corrected chi connectivity index (χ0v) is 16.9. The summed E-state index contributed by atoms with van der Waals surface area (Å²) in [4.78, 5) is 13.7. The summed E-state index contributed by atoms with van der Waals surface area (Å²) in [7, 11) is 1.38. The number of halogens is 2. The van der Waals surface area contributed by atoms with Gasteiger partial charge in [-0.05, 0) is 47.9 Å². The molecule has 3 aromatic rings. The number of methoxy groups -OCH3 is 1. The van der Waals surface area contributed by atoms with E-state index in [0.29, 0.717) is 6.54 Å². The number of nitrogens with two attached hydrogens (primary N) is 1. The van der Waals surface area contributed by atoms with Crippen molar-refractivity contribution < 1.29 is 18.3 Å². The highest BCUT2D eigenvalue weighted by atomic mass is 32.1. The zero-order valence-electron chi connectivity index (χ0n) is 16.0. The van der Waals surface area contributed by atoms with Gasteiger partial charge in [-0.15, -0.1) is 11.3 Å². The van der Waals surface area contributed by atoms with Gasteiger partial charge in [0, 0.05) is 22.2 Å². The molecule has 154 valence electrons. The quantitative estimate of drug-likeness (QED) is 0.379. The summed E-state index contributed by atoms with van der Waals surface area (Å²) in [6.45, 7) is 0.362. The SMILES string of the molecule is COc1c(C(=O)NCc2cccs2)ccc(N)c1C(=N)/C=C/c1ccc(F)cc1F. The van der Waals surface area contributed by atoms with Crippen molar-refractivity contribution in [3.8, 4) is 5.75 Å². The number of allylic oxidation sites excluding steroid dienone is 1. The van der Waals surface area contributed by atoms with Crippen LogP contribution in [0.5, 0.6) is 5.75 Å². The highest BCUT2D eigenvalue weighted by Gasteiger charge is 2.20. The Kier molecular flexibility index (Phi) is 6.58. The van der Waals surface area contributed by atoms with Gasteiger partial charge in [0.25, 0.3) is 5.91 Å². The number of hydrogen-bond donors (Lipinski definition) is 3. The number of benzene rings is 2. The van der Waals surface area contributed by atoms with Crippen LogP contribution in [-0.4, -0.2) is 18.7 Å². The Morgan fingerprint density at radius 2 is 2.07 bits per heavy atom. The summed E-state index contributed by atoms with van der Waals surface area (Å²) in [5.74, 6) is -1.66. The van der Waals surface area contributed by atoms with Crippen molar-refractivity contribution in [3.63, 3.8) is 0 Å². The van der Waals surface area contributed by atoms with Crippen LogP contribution in [0.1, 0.15) is 26.4 Å². The molecule has 0 unspecified atom stereocenters. The molecule has 3 rings (SSSR count). The van der Waals surface area contributed by atoms with Crippen LogP contribution in [0.3, 0.4) is 0 Å². The van der Waals surface area contributed by atoms with E-state index in [1.807, 2.05) is 17.5 Å². The number of carbonyl (C=O) groups is 1. The lowest BCUT2D eigenvalue weighted by atomic mass is 10.0. The molecule has 0 fully saturated rings. The lowest BCUT2D eigenvalue weighted by Crippen LogP contribution is -2.23. The molecule has 30 heavy (non-hydrogen) atoms. The molecule has 2 aromatic carbocycles. The van der Waals surface area contributed by atoms with Crippen LogP contribution in [0.2, 0.25) is 0 Å².